The Morgan fingerprint density at radius 1 is 1.50 bits per heavy atom. The molecular weight excluding hydrogens is 292 g/mol. The van der Waals surface area contributed by atoms with Crippen LogP contribution in [0.15, 0.2) is 22.7 Å². The Balaban J connectivity index is 2.29. The third-order valence-corrected chi connectivity index (χ3v) is 3.88. The number of hydrogen-bond donors (Lipinski definition) is 0. The predicted octanol–water partition coefficient (Wildman–Crippen LogP) is 2.79. The number of benzene rings is 1. The Hall–Kier alpha value is -0.870. The van der Waals surface area contributed by atoms with Gasteiger partial charge in [0.2, 0.25) is 0 Å². The van der Waals surface area contributed by atoms with E-state index in [4.69, 9.17) is 0 Å². The highest BCUT2D eigenvalue weighted by Crippen LogP contribution is 2.30. The second-order valence-electron chi connectivity index (χ2n) is 5.07. The van der Waals surface area contributed by atoms with Crippen LogP contribution >= 0.6 is 15.9 Å². The highest BCUT2D eigenvalue weighted by molar-refractivity contribution is 9.10. The standard InChI is InChI=1S/C14H19BrN2O/c1-16(2)9-13-4-3-7-17(13)14-8-12(15)6-5-11(14)10-18/h5-6,8,10,13H,3-4,7,9H2,1-2H3. The molecule has 0 N–H and O–H groups in total. The van der Waals surface area contributed by atoms with Gasteiger partial charge < -0.3 is 9.80 Å². The van der Waals surface area contributed by atoms with Crippen LogP contribution in [0.4, 0.5) is 5.69 Å². The molecule has 1 heterocycles. The lowest BCUT2D eigenvalue weighted by Crippen LogP contribution is -2.38. The molecule has 1 aliphatic rings. The van der Waals surface area contributed by atoms with E-state index in [-0.39, 0.29) is 0 Å². The fraction of sp³-hybridized carbons (Fsp3) is 0.500. The number of nitrogens with zero attached hydrogens (tertiary/aromatic N) is 2. The van der Waals surface area contributed by atoms with Crippen molar-refractivity contribution in [2.75, 3.05) is 32.1 Å². The first kappa shape index (κ1) is 13.6. The van der Waals surface area contributed by atoms with E-state index < -0.39 is 0 Å². The highest BCUT2D eigenvalue weighted by Gasteiger charge is 2.26. The summed E-state index contributed by atoms with van der Waals surface area (Å²) in [4.78, 5) is 15.8. The molecule has 1 aromatic carbocycles. The van der Waals surface area contributed by atoms with Gasteiger partial charge in [0.25, 0.3) is 0 Å². The molecule has 0 spiro atoms. The van der Waals surface area contributed by atoms with Gasteiger partial charge in [-0.25, -0.2) is 0 Å². The lowest BCUT2D eigenvalue weighted by atomic mass is 10.1. The molecule has 1 atom stereocenters. The topological polar surface area (TPSA) is 23.6 Å². The first-order chi connectivity index (χ1) is 8.61. The molecule has 18 heavy (non-hydrogen) atoms. The molecule has 0 amide bonds. The van der Waals surface area contributed by atoms with Gasteiger partial charge in [0, 0.05) is 34.9 Å². The predicted molar refractivity (Wildman–Crippen MR) is 78.5 cm³/mol. The molecule has 3 nitrogen and oxygen atoms in total. The molecule has 98 valence electrons. The van der Waals surface area contributed by atoms with Gasteiger partial charge in [-0.2, -0.15) is 0 Å². The molecule has 1 unspecified atom stereocenters. The molecule has 2 rings (SSSR count). The molecule has 0 aromatic heterocycles. The summed E-state index contributed by atoms with van der Waals surface area (Å²) in [6.45, 7) is 2.07. The van der Waals surface area contributed by atoms with E-state index in [1.165, 1.54) is 12.8 Å². The van der Waals surface area contributed by atoms with E-state index in [1.54, 1.807) is 0 Å². The number of hydrogen-bond acceptors (Lipinski definition) is 3. The maximum Gasteiger partial charge on any atom is 0.152 e. The summed E-state index contributed by atoms with van der Waals surface area (Å²) in [6, 6.07) is 6.37. The minimum Gasteiger partial charge on any atom is -0.367 e. The lowest BCUT2D eigenvalue weighted by molar-refractivity contribution is 0.112. The summed E-state index contributed by atoms with van der Waals surface area (Å²) in [6.07, 6.45) is 3.35. The van der Waals surface area contributed by atoms with E-state index >= 15 is 0 Å². The van der Waals surface area contributed by atoms with Crippen LogP contribution in [-0.4, -0.2) is 44.4 Å². The van der Waals surface area contributed by atoms with Crippen molar-refractivity contribution in [3.05, 3.63) is 28.2 Å². The lowest BCUT2D eigenvalue weighted by Gasteiger charge is -2.30. The Bertz CT molecular complexity index is 434. The average molecular weight is 311 g/mol. The first-order valence-corrected chi connectivity index (χ1v) is 7.07. The number of likely N-dealkylation sites (N-methyl/N-ethyl adjacent to an activating group) is 1. The van der Waals surface area contributed by atoms with E-state index in [0.717, 1.165) is 35.1 Å². The molecule has 0 radical (unpaired) electrons. The van der Waals surface area contributed by atoms with Crippen LogP contribution in [0.5, 0.6) is 0 Å². The third-order valence-electron chi connectivity index (χ3n) is 3.38. The van der Waals surface area contributed by atoms with Crippen LogP contribution in [0.25, 0.3) is 0 Å². The van der Waals surface area contributed by atoms with Crippen molar-refractivity contribution >= 4 is 27.9 Å². The van der Waals surface area contributed by atoms with Gasteiger partial charge in [-0.1, -0.05) is 15.9 Å². The summed E-state index contributed by atoms with van der Waals surface area (Å²) < 4.78 is 1.03. The van der Waals surface area contributed by atoms with Gasteiger partial charge in [0.15, 0.2) is 6.29 Å². The molecule has 4 heteroatoms. The van der Waals surface area contributed by atoms with Gasteiger partial charge in [0.1, 0.15) is 0 Å². The van der Waals surface area contributed by atoms with Gasteiger partial charge >= 0.3 is 0 Å². The smallest absolute Gasteiger partial charge is 0.152 e. The van der Waals surface area contributed by atoms with Crippen LogP contribution in [0.2, 0.25) is 0 Å². The minimum atomic E-state index is 0.507. The second-order valence-corrected chi connectivity index (χ2v) is 5.99. The Kier molecular flexibility index (Phi) is 4.40. The Morgan fingerprint density at radius 3 is 2.94 bits per heavy atom. The molecule has 1 fully saturated rings. The van der Waals surface area contributed by atoms with E-state index in [1.807, 2.05) is 12.1 Å². The van der Waals surface area contributed by atoms with Crippen molar-refractivity contribution < 1.29 is 4.79 Å². The van der Waals surface area contributed by atoms with Gasteiger partial charge in [-0.15, -0.1) is 0 Å². The monoisotopic (exact) mass is 310 g/mol. The third kappa shape index (κ3) is 2.93. The first-order valence-electron chi connectivity index (χ1n) is 6.28. The van der Waals surface area contributed by atoms with Crippen LogP contribution < -0.4 is 4.90 Å². The normalized spacial score (nSPS) is 19.6. The summed E-state index contributed by atoms with van der Waals surface area (Å²) in [5.41, 5.74) is 1.84. The SMILES string of the molecule is CN(C)CC1CCCN1c1cc(Br)ccc1C=O. The Morgan fingerprint density at radius 2 is 2.28 bits per heavy atom. The number of anilines is 1. The van der Waals surface area contributed by atoms with Crippen molar-refractivity contribution in [3.8, 4) is 0 Å². The fourth-order valence-electron chi connectivity index (χ4n) is 2.63. The van der Waals surface area contributed by atoms with Crippen LogP contribution in [-0.2, 0) is 0 Å². The van der Waals surface area contributed by atoms with Gasteiger partial charge in [0.05, 0.1) is 0 Å². The molecule has 1 aliphatic heterocycles. The van der Waals surface area contributed by atoms with E-state index in [2.05, 4.69) is 45.9 Å². The molecule has 1 aromatic rings. The number of halogens is 1. The molecular formula is C14H19BrN2O. The second kappa shape index (κ2) is 5.85. The minimum absolute atomic E-state index is 0.507. The maximum absolute atomic E-state index is 11.2. The summed E-state index contributed by atoms with van der Waals surface area (Å²) in [5, 5.41) is 0. The van der Waals surface area contributed by atoms with Crippen LogP contribution in [0, 0.1) is 0 Å². The maximum atomic E-state index is 11.2. The van der Waals surface area contributed by atoms with Crippen molar-refractivity contribution in [2.45, 2.75) is 18.9 Å². The molecule has 1 saturated heterocycles. The van der Waals surface area contributed by atoms with Crippen LogP contribution in [0.3, 0.4) is 0 Å². The fourth-order valence-corrected chi connectivity index (χ4v) is 2.98. The Labute approximate surface area is 117 Å². The number of rotatable bonds is 4. The zero-order valence-electron chi connectivity index (χ0n) is 10.9. The van der Waals surface area contributed by atoms with Crippen molar-refractivity contribution in [2.24, 2.45) is 0 Å². The molecule has 0 aliphatic carbocycles. The van der Waals surface area contributed by atoms with E-state index in [0.29, 0.717) is 6.04 Å². The van der Waals surface area contributed by atoms with Crippen molar-refractivity contribution in [1.82, 2.24) is 4.90 Å². The molecule has 0 saturated carbocycles. The number of aldehydes is 1. The number of carbonyl (C=O) groups is 1. The quantitative estimate of drug-likeness (QED) is 0.799. The van der Waals surface area contributed by atoms with E-state index in [9.17, 15) is 4.79 Å². The van der Waals surface area contributed by atoms with Crippen molar-refractivity contribution in [3.63, 3.8) is 0 Å². The average Bonchev–Trinajstić information content (AvgIpc) is 2.76. The highest BCUT2D eigenvalue weighted by atomic mass is 79.9. The summed E-state index contributed by atoms with van der Waals surface area (Å²) >= 11 is 3.49. The zero-order valence-corrected chi connectivity index (χ0v) is 12.5. The van der Waals surface area contributed by atoms with Crippen molar-refractivity contribution in [1.29, 1.82) is 0 Å². The number of carbonyl (C=O) groups excluding carboxylic acids is 1. The summed E-state index contributed by atoms with van der Waals surface area (Å²) in [7, 11) is 4.19. The van der Waals surface area contributed by atoms with Crippen LogP contribution in [0.1, 0.15) is 23.2 Å². The largest absolute Gasteiger partial charge is 0.367 e. The summed E-state index contributed by atoms with van der Waals surface area (Å²) in [5.74, 6) is 0. The molecule has 0 bridgehead atoms. The zero-order chi connectivity index (χ0) is 13.1. The van der Waals surface area contributed by atoms with Gasteiger partial charge in [-0.3, -0.25) is 4.79 Å². The van der Waals surface area contributed by atoms with Gasteiger partial charge in [-0.05, 0) is 45.1 Å².